The average molecular weight is 476 g/mol. The molecule has 0 unspecified atom stereocenters. The number of nitrogens with two attached hydrogens (primary N) is 1. The standard InChI is InChI=1S/C28H37N3O2Si/c1-28(2,3)34(5,6)33-26(21-13-9-7-10-14-21)20-30-25-18-17-23(19-24(25)29)31(4)27(32)22-15-11-8-12-16-22/h7-19,26,30H,20,29H2,1-6H3/t26-/m0/s1. The third-order valence-corrected chi connectivity index (χ3v) is 11.1. The molecule has 0 saturated heterocycles. The number of hydrogen-bond acceptors (Lipinski definition) is 4. The van der Waals surface area contributed by atoms with Crippen LogP contribution in [0.15, 0.2) is 78.9 Å². The van der Waals surface area contributed by atoms with Crippen molar-refractivity contribution >= 4 is 31.3 Å². The van der Waals surface area contributed by atoms with Crippen molar-refractivity contribution in [3.8, 4) is 0 Å². The van der Waals surface area contributed by atoms with Crippen molar-refractivity contribution in [1.82, 2.24) is 0 Å². The van der Waals surface area contributed by atoms with E-state index in [2.05, 4.69) is 51.3 Å². The Morgan fingerprint density at radius 3 is 2.15 bits per heavy atom. The van der Waals surface area contributed by atoms with Crippen LogP contribution >= 0.6 is 0 Å². The maximum Gasteiger partial charge on any atom is 0.258 e. The van der Waals surface area contributed by atoms with Gasteiger partial charge in [0.25, 0.3) is 5.91 Å². The minimum absolute atomic E-state index is 0.0763. The molecule has 3 N–H and O–H groups in total. The average Bonchev–Trinajstić information content (AvgIpc) is 2.81. The van der Waals surface area contributed by atoms with Crippen molar-refractivity contribution in [2.75, 3.05) is 29.5 Å². The van der Waals surface area contributed by atoms with Gasteiger partial charge >= 0.3 is 0 Å². The van der Waals surface area contributed by atoms with Crippen LogP contribution in [0.4, 0.5) is 17.1 Å². The number of anilines is 3. The minimum Gasteiger partial charge on any atom is -0.408 e. The van der Waals surface area contributed by atoms with Gasteiger partial charge in [0.2, 0.25) is 0 Å². The molecule has 3 aromatic rings. The summed E-state index contributed by atoms with van der Waals surface area (Å²) >= 11 is 0. The van der Waals surface area contributed by atoms with Crippen molar-refractivity contribution in [1.29, 1.82) is 0 Å². The first-order valence-corrected chi connectivity index (χ1v) is 14.6. The number of nitrogen functional groups attached to an aromatic ring is 1. The molecule has 1 amide bonds. The molecule has 0 aliphatic heterocycles. The molecule has 3 rings (SSSR count). The zero-order valence-electron chi connectivity index (χ0n) is 21.1. The molecule has 3 aromatic carbocycles. The van der Waals surface area contributed by atoms with Crippen LogP contribution in [0.2, 0.25) is 18.1 Å². The molecule has 0 aromatic heterocycles. The fraction of sp³-hybridized carbons (Fsp3) is 0.321. The first-order valence-electron chi connectivity index (χ1n) is 11.7. The lowest BCUT2D eigenvalue weighted by atomic mass is 10.1. The third-order valence-electron chi connectivity index (χ3n) is 6.64. The van der Waals surface area contributed by atoms with Gasteiger partial charge in [-0.25, -0.2) is 0 Å². The smallest absolute Gasteiger partial charge is 0.258 e. The van der Waals surface area contributed by atoms with Crippen molar-refractivity contribution < 1.29 is 9.22 Å². The van der Waals surface area contributed by atoms with Crippen LogP contribution in [0.25, 0.3) is 0 Å². The SMILES string of the molecule is CN(C(=O)c1ccccc1)c1ccc(NC[C@H](O[Si](C)(C)C(C)(C)C)c2ccccc2)c(N)c1. The summed E-state index contributed by atoms with van der Waals surface area (Å²) in [5.41, 5.74) is 10.3. The largest absolute Gasteiger partial charge is 0.408 e. The van der Waals surface area contributed by atoms with Gasteiger partial charge in [0, 0.05) is 24.8 Å². The molecule has 34 heavy (non-hydrogen) atoms. The number of rotatable bonds is 8. The molecule has 0 aliphatic rings. The van der Waals surface area contributed by atoms with Gasteiger partial charge in [-0.15, -0.1) is 0 Å². The van der Waals surface area contributed by atoms with Crippen LogP contribution in [0.5, 0.6) is 0 Å². The van der Waals surface area contributed by atoms with Gasteiger partial charge in [-0.05, 0) is 54.0 Å². The lowest BCUT2D eigenvalue weighted by Crippen LogP contribution is -2.43. The normalized spacial score (nSPS) is 12.8. The minimum atomic E-state index is -1.99. The Hall–Kier alpha value is -3.09. The van der Waals surface area contributed by atoms with Crippen molar-refractivity contribution in [2.45, 2.75) is 45.0 Å². The molecule has 0 fully saturated rings. The highest BCUT2D eigenvalue weighted by atomic mass is 28.4. The lowest BCUT2D eigenvalue weighted by molar-refractivity contribution is 0.0993. The Morgan fingerprint density at radius 2 is 1.59 bits per heavy atom. The summed E-state index contributed by atoms with van der Waals surface area (Å²) in [7, 11) is -0.227. The molecule has 180 valence electrons. The van der Waals surface area contributed by atoms with E-state index >= 15 is 0 Å². The predicted molar refractivity (Wildman–Crippen MR) is 146 cm³/mol. The maximum atomic E-state index is 12.8. The fourth-order valence-electron chi connectivity index (χ4n) is 3.44. The summed E-state index contributed by atoms with van der Waals surface area (Å²) in [4.78, 5) is 14.4. The second-order valence-corrected chi connectivity index (χ2v) is 14.9. The van der Waals surface area contributed by atoms with E-state index in [-0.39, 0.29) is 17.0 Å². The van der Waals surface area contributed by atoms with Crippen LogP contribution in [0.3, 0.4) is 0 Å². The van der Waals surface area contributed by atoms with Crippen molar-refractivity contribution in [3.05, 3.63) is 90.0 Å². The topological polar surface area (TPSA) is 67.6 Å². The highest BCUT2D eigenvalue weighted by Crippen LogP contribution is 2.40. The molecule has 1 atom stereocenters. The van der Waals surface area contributed by atoms with Gasteiger partial charge in [0.15, 0.2) is 8.32 Å². The van der Waals surface area contributed by atoms with Crippen molar-refractivity contribution in [3.63, 3.8) is 0 Å². The zero-order valence-corrected chi connectivity index (χ0v) is 22.1. The van der Waals surface area contributed by atoms with E-state index in [1.807, 2.05) is 66.7 Å². The molecule has 0 aliphatic carbocycles. The van der Waals surface area contributed by atoms with E-state index < -0.39 is 8.32 Å². The van der Waals surface area contributed by atoms with Gasteiger partial charge in [0.1, 0.15) is 0 Å². The number of carbonyl (C=O) groups is 1. The zero-order chi connectivity index (χ0) is 24.9. The summed E-state index contributed by atoms with van der Waals surface area (Å²) in [6.45, 7) is 11.9. The molecular weight excluding hydrogens is 438 g/mol. The van der Waals surface area contributed by atoms with E-state index in [9.17, 15) is 4.79 Å². The monoisotopic (exact) mass is 475 g/mol. The van der Waals surface area contributed by atoms with Crippen LogP contribution in [0.1, 0.15) is 42.8 Å². The van der Waals surface area contributed by atoms with E-state index in [1.54, 1.807) is 11.9 Å². The molecule has 0 spiro atoms. The van der Waals surface area contributed by atoms with Crippen molar-refractivity contribution in [2.24, 2.45) is 0 Å². The van der Waals surface area contributed by atoms with E-state index in [1.165, 1.54) is 0 Å². The lowest BCUT2D eigenvalue weighted by Gasteiger charge is -2.39. The molecule has 6 heteroatoms. The summed E-state index contributed by atoms with van der Waals surface area (Å²) in [6, 6.07) is 25.2. The molecule has 0 saturated carbocycles. The second-order valence-electron chi connectivity index (χ2n) is 10.2. The Balaban J connectivity index is 1.76. The fourth-order valence-corrected chi connectivity index (χ4v) is 4.73. The number of nitrogens with zero attached hydrogens (tertiary/aromatic N) is 1. The first kappa shape index (κ1) is 25.5. The van der Waals surface area contributed by atoms with E-state index in [0.717, 1.165) is 16.9 Å². The third kappa shape index (κ3) is 6.07. The number of benzene rings is 3. The van der Waals surface area contributed by atoms with Crippen LogP contribution < -0.4 is 16.0 Å². The van der Waals surface area contributed by atoms with Gasteiger partial charge in [-0.3, -0.25) is 4.79 Å². The Bertz CT molecular complexity index is 1100. The molecule has 0 radical (unpaired) electrons. The quantitative estimate of drug-likeness (QED) is 0.280. The Morgan fingerprint density at radius 1 is 1.00 bits per heavy atom. The van der Waals surface area contributed by atoms with Crippen LogP contribution in [-0.2, 0) is 4.43 Å². The van der Waals surface area contributed by atoms with Gasteiger partial charge in [-0.1, -0.05) is 69.3 Å². The van der Waals surface area contributed by atoms with Gasteiger partial charge < -0.3 is 20.4 Å². The maximum absolute atomic E-state index is 12.8. The predicted octanol–water partition coefficient (Wildman–Crippen LogP) is 6.72. The highest BCUT2D eigenvalue weighted by Gasteiger charge is 2.39. The summed E-state index contributed by atoms with van der Waals surface area (Å²) in [5, 5.41) is 3.59. The van der Waals surface area contributed by atoms with E-state index in [0.29, 0.717) is 17.8 Å². The van der Waals surface area contributed by atoms with Gasteiger partial charge in [-0.2, -0.15) is 0 Å². The molecule has 0 bridgehead atoms. The number of nitrogens with one attached hydrogen (secondary N) is 1. The van der Waals surface area contributed by atoms with E-state index in [4.69, 9.17) is 10.2 Å². The molecular formula is C28H37N3O2Si. The van der Waals surface area contributed by atoms with Crippen LogP contribution in [0, 0.1) is 0 Å². The number of carbonyl (C=O) groups excluding carboxylic acids is 1. The number of amides is 1. The Kier molecular flexibility index (Phi) is 7.84. The summed E-state index contributed by atoms with van der Waals surface area (Å²) in [6.07, 6.45) is -0.0940. The van der Waals surface area contributed by atoms with Gasteiger partial charge in [0.05, 0.1) is 17.5 Å². The molecule has 0 heterocycles. The number of hydrogen-bond donors (Lipinski definition) is 2. The highest BCUT2D eigenvalue weighted by molar-refractivity contribution is 6.74. The second kappa shape index (κ2) is 10.4. The Labute approximate surface area is 205 Å². The molecule has 5 nitrogen and oxygen atoms in total. The summed E-state index contributed by atoms with van der Waals surface area (Å²) < 4.78 is 6.78. The first-order chi connectivity index (χ1) is 16.0. The summed E-state index contributed by atoms with van der Waals surface area (Å²) in [5.74, 6) is -0.0763. The van der Waals surface area contributed by atoms with Crippen LogP contribution in [-0.4, -0.2) is 27.8 Å².